The van der Waals surface area contributed by atoms with Gasteiger partial charge in [-0.1, -0.05) is 30.3 Å². The highest BCUT2D eigenvalue weighted by molar-refractivity contribution is 5.78. The second-order valence-electron chi connectivity index (χ2n) is 7.02. The molecule has 0 aliphatic carbocycles. The summed E-state index contributed by atoms with van der Waals surface area (Å²) < 4.78 is 10.8. The zero-order chi connectivity index (χ0) is 20.5. The summed E-state index contributed by atoms with van der Waals surface area (Å²) in [5, 5.41) is 0. The number of aryl methyl sites for hydroxylation is 1. The zero-order valence-corrected chi connectivity index (χ0v) is 16.9. The molecule has 0 atom stereocenters. The van der Waals surface area contributed by atoms with E-state index >= 15 is 0 Å². The third kappa shape index (κ3) is 6.24. The summed E-state index contributed by atoms with van der Waals surface area (Å²) >= 11 is 0. The first kappa shape index (κ1) is 20.7. The molecule has 0 spiro atoms. The van der Waals surface area contributed by atoms with Gasteiger partial charge < -0.3 is 19.3 Å². The number of carbonyl (C=O) groups excluding carboxylic acids is 2. The summed E-state index contributed by atoms with van der Waals surface area (Å²) in [7, 11) is 1.64. The molecule has 0 radical (unpaired) electrons. The fourth-order valence-electron chi connectivity index (χ4n) is 3.37. The smallest absolute Gasteiger partial charge is 0.226 e. The van der Waals surface area contributed by atoms with E-state index in [0.29, 0.717) is 52.0 Å². The van der Waals surface area contributed by atoms with E-state index in [4.69, 9.17) is 9.47 Å². The molecule has 154 valence electrons. The molecule has 0 bridgehead atoms. The van der Waals surface area contributed by atoms with E-state index in [-0.39, 0.29) is 11.8 Å². The number of hydrogen-bond acceptors (Lipinski definition) is 4. The predicted molar refractivity (Wildman–Crippen MR) is 111 cm³/mol. The highest BCUT2D eigenvalue weighted by atomic mass is 16.5. The quantitative estimate of drug-likeness (QED) is 0.689. The molecule has 1 saturated heterocycles. The molecular formula is C23H28N2O4. The lowest BCUT2D eigenvalue weighted by Gasteiger charge is -2.35. The van der Waals surface area contributed by atoms with Gasteiger partial charge in [-0.3, -0.25) is 9.59 Å². The van der Waals surface area contributed by atoms with Crippen molar-refractivity contribution in [1.82, 2.24) is 9.80 Å². The van der Waals surface area contributed by atoms with Crippen molar-refractivity contribution in [2.24, 2.45) is 0 Å². The summed E-state index contributed by atoms with van der Waals surface area (Å²) in [6.45, 7) is 2.69. The molecule has 0 saturated carbocycles. The Morgan fingerprint density at radius 1 is 0.828 bits per heavy atom. The molecule has 6 heteroatoms. The monoisotopic (exact) mass is 396 g/mol. The number of carbonyl (C=O) groups is 2. The third-order valence-corrected chi connectivity index (χ3v) is 5.07. The zero-order valence-electron chi connectivity index (χ0n) is 16.9. The van der Waals surface area contributed by atoms with Gasteiger partial charge in [0.2, 0.25) is 11.8 Å². The second-order valence-corrected chi connectivity index (χ2v) is 7.02. The van der Waals surface area contributed by atoms with Crippen LogP contribution in [0.25, 0.3) is 0 Å². The maximum Gasteiger partial charge on any atom is 0.226 e. The highest BCUT2D eigenvalue weighted by Gasteiger charge is 2.23. The van der Waals surface area contributed by atoms with Crippen molar-refractivity contribution in [3.05, 3.63) is 60.2 Å². The van der Waals surface area contributed by atoms with E-state index < -0.39 is 0 Å². The topological polar surface area (TPSA) is 59.1 Å². The van der Waals surface area contributed by atoms with E-state index in [2.05, 4.69) is 0 Å². The van der Waals surface area contributed by atoms with Crippen molar-refractivity contribution in [2.45, 2.75) is 19.3 Å². The van der Waals surface area contributed by atoms with Crippen molar-refractivity contribution in [3.63, 3.8) is 0 Å². The molecule has 0 N–H and O–H groups in total. The minimum absolute atomic E-state index is 0.0735. The van der Waals surface area contributed by atoms with Gasteiger partial charge in [0.05, 0.1) is 20.1 Å². The van der Waals surface area contributed by atoms with E-state index in [1.54, 1.807) is 7.11 Å². The molecule has 6 nitrogen and oxygen atoms in total. The van der Waals surface area contributed by atoms with Gasteiger partial charge in [0.1, 0.15) is 11.5 Å². The number of amides is 2. The molecule has 2 aromatic carbocycles. The molecule has 1 heterocycles. The van der Waals surface area contributed by atoms with Crippen molar-refractivity contribution in [1.29, 1.82) is 0 Å². The fourth-order valence-corrected chi connectivity index (χ4v) is 3.37. The van der Waals surface area contributed by atoms with Crippen molar-refractivity contribution >= 4 is 11.8 Å². The largest absolute Gasteiger partial charge is 0.497 e. The van der Waals surface area contributed by atoms with Crippen LogP contribution in [-0.4, -0.2) is 61.5 Å². The van der Waals surface area contributed by atoms with Crippen LogP contribution >= 0.6 is 0 Å². The number of hydrogen-bond donors (Lipinski definition) is 0. The first-order valence-electron chi connectivity index (χ1n) is 10.0. The Kier molecular flexibility index (Phi) is 7.50. The molecular weight excluding hydrogens is 368 g/mol. The lowest BCUT2D eigenvalue weighted by Crippen LogP contribution is -2.50. The van der Waals surface area contributed by atoms with Crippen LogP contribution in [0.4, 0.5) is 0 Å². The van der Waals surface area contributed by atoms with E-state index in [0.717, 1.165) is 17.1 Å². The van der Waals surface area contributed by atoms with Crippen LogP contribution in [0.15, 0.2) is 54.6 Å². The number of ether oxygens (including phenoxy) is 2. The van der Waals surface area contributed by atoms with Gasteiger partial charge in [0.25, 0.3) is 0 Å². The fraction of sp³-hybridized carbons (Fsp3) is 0.391. The standard InChI is InChI=1S/C23H28N2O4/c1-28-21-9-5-6-19(18-21)10-11-22(26)24-13-15-25(16-14-24)23(27)12-17-29-20-7-3-2-4-8-20/h2-9,18H,10-17H2,1H3. The van der Waals surface area contributed by atoms with Crippen molar-refractivity contribution < 1.29 is 19.1 Å². The van der Waals surface area contributed by atoms with Gasteiger partial charge in [0, 0.05) is 32.6 Å². The normalized spacial score (nSPS) is 13.8. The van der Waals surface area contributed by atoms with Gasteiger partial charge >= 0.3 is 0 Å². The number of para-hydroxylation sites is 1. The second kappa shape index (κ2) is 10.5. The minimum Gasteiger partial charge on any atom is -0.497 e. The Morgan fingerprint density at radius 3 is 2.10 bits per heavy atom. The summed E-state index contributed by atoms with van der Waals surface area (Å²) in [5.41, 5.74) is 1.09. The molecule has 2 amide bonds. The van der Waals surface area contributed by atoms with Gasteiger partial charge in [-0.25, -0.2) is 0 Å². The van der Waals surface area contributed by atoms with Crippen LogP contribution < -0.4 is 9.47 Å². The molecule has 29 heavy (non-hydrogen) atoms. The molecule has 0 aromatic heterocycles. The number of benzene rings is 2. The van der Waals surface area contributed by atoms with Gasteiger partial charge in [-0.15, -0.1) is 0 Å². The Hall–Kier alpha value is -3.02. The molecule has 3 rings (SSSR count). The summed E-state index contributed by atoms with van der Waals surface area (Å²) in [6, 6.07) is 17.3. The summed E-state index contributed by atoms with van der Waals surface area (Å²) in [5.74, 6) is 1.78. The lowest BCUT2D eigenvalue weighted by molar-refractivity contribution is -0.139. The summed E-state index contributed by atoms with van der Waals surface area (Å²) in [6.07, 6.45) is 1.50. The van der Waals surface area contributed by atoms with E-state index in [1.165, 1.54) is 0 Å². The van der Waals surface area contributed by atoms with Crippen LogP contribution in [0.1, 0.15) is 18.4 Å². The van der Waals surface area contributed by atoms with Crippen LogP contribution in [-0.2, 0) is 16.0 Å². The number of rotatable bonds is 8. The molecule has 1 aliphatic rings. The minimum atomic E-state index is 0.0735. The Bertz CT molecular complexity index is 802. The molecule has 0 unspecified atom stereocenters. The van der Waals surface area contributed by atoms with Gasteiger partial charge in [-0.2, -0.15) is 0 Å². The number of methoxy groups -OCH3 is 1. The molecule has 2 aromatic rings. The first-order valence-corrected chi connectivity index (χ1v) is 10.0. The molecule has 1 aliphatic heterocycles. The third-order valence-electron chi connectivity index (χ3n) is 5.07. The Labute approximate surface area is 172 Å². The van der Waals surface area contributed by atoms with Gasteiger partial charge in [0.15, 0.2) is 0 Å². The lowest BCUT2D eigenvalue weighted by atomic mass is 10.1. The Balaban J connectivity index is 1.36. The first-order chi connectivity index (χ1) is 14.2. The summed E-state index contributed by atoms with van der Waals surface area (Å²) in [4.78, 5) is 28.5. The van der Waals surface area contributed by atoms with E-state index in [1.807, 2.05) is 64.4 Å². The molecule has 1 fully saturated rings. The predicted octanol–water partition coefficient (Wildman–Crippen LogP) is 2.77. The van der Waals surface area contributed by atoms with E-state index in [9.17, 15) is 9.59 Å². The average molecular weight is 396 g/mol. The maximum atomic E-state index is 12.5. The van der Waals surface area contributed by atoms with Crippen LogP contribution in [0.5, 0.6) is 11.5 Å². The van der Waals surface area contributed by atoms with Crippen molar-refractivity contribution in [3.8, 4) is 11.5 Å². The Morgan fingerprint density at radius 2 is 1.45 bits per heavy atom. The van der Waals surface area contributed by atoms with Crippen LogP contribution in [0.3, 0.4) is 0 Å². The van der Waals surface area contributed by atoms with Gasteiger partial charge in [-0.05, 0) is 36.2 Å². The van der Waals surface area contributed by atoms with Crippen LogP contribution in [0.2, 0.25) is 0 Å². The van der Waals surface area contributed by atoms with Crippen LogP contribution in [0, 0.1) is 0 Å². The number of piperazine rings is 1. The average Bonchev–Trinajstić information content (AvgIpc) is 2.78. The van der Waals surface area contributed by atoms with Crippen molar-refractivity contribution in [2.75, 3.05) is 39.9 Å². The highest BCUT2D eigenvalue weighted by Crippen LogP contribution is 2.15. The maximum absolute atomic E-state index is 12.5. The number of nitrogens with zero attached hydrogens (tertiary/aromatic N) is 2. The SMILES string of the molecule is COc1cccc(CCC(=O)N2CCN(C(=O)CCOc3ccccc3)CC2)c1.